The number of methoxy groups -OCH3 is 1. The fourth-order valence-electron chi connectivity index (χ4n) is 1.83. The van der Waals surface area contributed by atoms with Gasteiger partial charge in [-0.05, 0) is 5.56 Å². The highest BCUT2D eigenvalue weighted by atomic mass is 16.5. The predicted octanol–water partition coefficient (Wildman–Crippen LogP) is 1.85. The van der Waals surface area contributed by atoms with Crippen LogP contribution in [0.5, 0.6) is 0 Å². The van der Waals surface area contributed by atoms with Gasteiger partial charge >= 0.3 is 6.03 Å². The normalized spacial score (nSPS) is 10.3. The molecular formula is C14H18N4O2. The van der Waals surface area contributed by atoms with Gasteiger partial charge in [0.15, 0.2) is 5.82 Å². The summed E-state index contributed by atoms with van der Waals surface area (Å²) >= 11 is 0. The van der Waals surface area contributed by atoms with Crippen molar-refractivity contribution in [3.63, 3.8) is 0 Å². The number of rotatable bonds is 5. The molecule has 0 fully saturated rings. The van der Waals surface area contributed by atoms with Gasteiger partial charge in [-0.3, -0.25) is 10.00 Å². The summed E-state index contributed by atoms with van der Waals surface area (Å²) in [6.45, 7) is 0.936. The molecule has 2 aromatic rings. The Kier molecular flexibility index (Phi) is 4.73. The van der Waals surface area contributed by atoms with Crippen LogP contribution in [-0.4, -0.2) is 36.1 Å². The second-order valence-corrected chi connectivity index (χ2v) is 4.28. The van der Waals surface area contributed by atoms with E-state index >= 15 is 0 Å². The van der Waals surface area contributed by atoms with Crippen molar-refractivity contribution >= 4 is 11.8 Å². The zero-order valence-corrected chi connectivity index (χ0v) is 11.6. The summed E-state index contributed by atoms with van der Waals surface area (Å²) in [6, 6.07) is 11.4. The molecule has 0 saturated carbocycles. The molecule has 0 atom stereocenters. The Labute approximate surface area is 117 Å². The fraction of sp³-hybridized carbons (Fsp3) is 0.286. The lowest BCUT2D eigenvalue weighted by atomic mass is 10.1. The van der Waals surface area contributed by atoms with E-state index in [0.717, 1.165) is 11.3 Å². The van der Waals surface area contributed by atoms with Crippen LogP contribution in [0.25, 0.3) is 11.3 Å². The maximum atomic E-state index is 11.6. The van der Waals surface area contributed by atoms with Crippen LogP contribution in [-0.2, 0) is 11.8 Å². The van der Waals surface area contributed by atoms with Gasteiger partial charge in [0.05, 0.1) is 12.3 Å². The lowest BCUT2D eigenvalue weighted by molar-refractivity contribution is 0.198. The first-order valence-electron chi connectivity index (χ1n) is 6.34. The highest BCUT2D eigenvalue weighted by Crippen LogP contribution is 2.21. The van der Waals surface area contributed by atoms with Crippen LogP contribution in [0.15, 0.2) is 36.4 Å². The van der Waals surface area contributed by atoms with Crippen LogP contribution in [0, 0.1) is 0 Å². The molecule has 20 heavy (non-hydrogen) atoms. The number of hydrogen-bond acceptors (Lipinski definition) is 3. The molecule has 106 valence electrons. The SMILES string of the molecule is COCCNC(=O)Nc1cc(-c2ccccc2)n(C)n1. The third-order valence-corrected chi connectivity index (χ3v) is 2.78. The third-order valence-electron chi connectivity index (χ3n) is 2.78. The number of ether oxygens (including phenoxy) is 1. The Balaban J connectivity index is 2.03. The van der Waals surface area contributed by atoms with Crippen molar-refractivity contribution in [1.82, 2.24) is 15.1 Å². The van der Waals surface area contributed by atoms with Crippen molar-refractivity contribution in [3.05, 3.63) is 36.4 Å². The Morgan fingerprint density at radius 1 is 1.35 bits per heavy atom. The number of carbonyl (C=O) groups is 1. The first-order chi connectivity index (χ1) is 9.70. The topological polar surface area (TPSA) is 68.2 Å². The molecule has 0 aliphatic heterocycles. The number of hydrogen-bond donors (Lipinski definition) is 2. The van der Waals surface area contributed by atoms with Crippen LogP contribution in [0.2, 0.25) is 0 Å². The van der Waals surface area contributed by atoms with Crippen LogP contribution in [0.1, 0.15) is 0 Å². The molecule has 1 aromatic heterocycles. The standard InChI is InChI=1S/C14H18N4O2/c1-18-12(11-6-4-3-5-7-11)10-13(17-18)16-14(19)15-8-9-20-2/h3-7,10H,8-9H2,1-2H3,(H2,15,16,17,19). The second kappa shape index (κ2) is 6.72. The molecule has 2 N–H and O–H groups in total. The summed E-state index contributed by atoms with van der Waals surface area (Å²) in [5.41, 5.74) is 1.99. The van der Waals surface area contributed by atoms with Gasteiger partial charge in [-0.25, -0.2) is 4.79 Å². The summed E-state index contributed by atoms with van der Waals surface area (Å²) in [5, 5.41) is 9.64. The van der Waals surface area contributed by atoms with Crippen molar-refractivity contribution in [3.8, 4) is 11.3 Å². The predicted molar refractivity (Wildman–Crippen MR) is 77.5 cm³/mol. The molecule has 2 amide bonds. The third kappa shape index (κ3) is 3.58. The molecule has 2 rings (SSSR count). The summed E-state index contributed by atoms with van der Waals surface area (Å²) in [5.74, 6) is 0.515. The molecule has 0 aliphatic rings. The van der Waals surface area contributed by atoms with Crippen LogP contribution in [0.3, 0.4) is 0 Å². The molecule has 0 spiro atoms. The molecular weight excluding hydrogens is 256 g/mol. The highest BCUT2D eigenvalue weighted by Gasteiger charge is 2.09. The van der Waals surface area contributed by atoms with E-state index in [0.29, 0.717) is 19.0 Å². The summed E-state index contributed by atoms with van der Waals surface area (Å²) < 4.78 is 6.60. The Morgan fingerprint density at radius 3 is 2.80 bits per heavy atom. The van der Waals surface area contributed by atoms with Crippen LogP contribution in [0.4, 0.5) is 10.6 Å². The van der Waals surface area contributed by atoms with E-state index in [2.05, 4.69) is 15.7 Å². The minimum absolute atomic E-state index is 0.292. The summed E-state index contributed by atoms with van der Waals surface area (Å²) in [6.07, 6.45) is 0. The Morgan fingerprint density at radius 2 is 2.10 bits per heavy atom. The molecule has 1 aromatic carbocycles. The molecule has 0 radical (unpaired) electrons. The average molecular weight is 274 g/mol. The van der Waals surface area contributed by atoms with Gasteiger partial charge in [0.2, 0.25) is 0 Å². The molecule has 0 bridgehead atoms. The molecule has 0 unspecified atom stereocenters. The van der Waals surface area contributed by atoms with Crippen molar-refractivity contribution in [2.24, 2.45) is 7.05 Å². The summed E-state index contributed by atoms with van der Waals surface area (Å²) in [7, 11) is 3.43. The number of carbonyl (C=O) groups excluding carboxylic acids is 1. The van der Waals surface area contributed by atoms with Gasteiger partial charge in [0.1, 0.15) is 0 Å². The van der Waals surface area contributed by atoms with E-state index in [1.165, 1.54) is 0 Å². The molecule has 1 heterocycles. The molecule has 6 nitrogen and oxygen atoms in total. The number of amides is 2. The zero-order chi connectivity index (χ0) is 14.4. The number of aromatic nitrogens is 2. The Hall–Kier alpha value is -2.34. The van der Waals surface area contributed by atoms with E-state index in [1.807, 2.05) is 43.4 Å². The second-order valence-electron chi connectivity index (χ2n) is 4.28. The quantitative estimate of drug-likeness (QED) is 0.818. The largest absolute Gasteiger partial charge is 0.383 e. The number of nitrogens with zero attached hydrogens (tertiary/aromatic N) is 2. The number of urea groups is 1. The maximum absolute atomic E-state index is 11.6. The number of nitrogens with one attached hydrogen (secondary N) is 2. The smallest absolute Gasteiger partial charge is 0.320 e. The van der Waals surface area contributed by atoms with Crippen molar-refractivity contribution in [2.75, 3.05) is 25.6 Å². The molecule has 0 aliphatic carbocycles. The van der Waals surface area contributed by atoms with Crippen LogP contribution >= 0.6 is 0 Å². The van der Waals surface area contributed by atoms with Gasteiger partial charge in [0.25, 0.3) is 0 Å². The average Bonchev–Trinajstić information content (AvgIpc) is 2.81. The Bertz CT molecular complexity index is 566. The van der Waals surface area contributed by atoms with E-state index < -0.39 is 0 Å². The van der Waals surface area contributed by atoms with Gasteiger partial charge in [0, 0.05) is 26.8 Å². The minimum atomic E-state index is -0.292. The van der Waals surface area contributed by atoms with E-state index in [1.54, 1.807) is 11.8 Å². The van der Waals surface area contributed by atoms with Gasteiger partial charge in [-0.1, -0.05) is 30.3 Å². The molecule has 0 saturated heterocycles. The van der Waals surface area contributed by atoms with Gasteiger partial charge in [-0.15, -0.1) is 0 Å². The van der Waals surface area contributed by atoms with Crippen molar-refractivity contribution in [1.29, 1.82) is 0 Å². The van der Waals surface area contributed by atoms with Gasteiger partial charge in [-0.2, -0.15) is 5.10 Å². The number of anilines is 1. The van der Waals surface area contributed by atoms with E-state index in [4.69, 9.17) is 4.74 Å². The highest BCUT2D eigenvalue weighted by molar-refractivity contribution is 5.88. The lowest BCUT2D eigenvalue weighted by Crippen LogP contribution is -2.31. The minimum Gasteiger partial charge on any atom is -0.383 e. The monoisotopic (exact) mass is 274 g/mol. The molecule has 6 heteroatoms. The van der Waals surface area contributed by atoms with Crippen molar-refractivity contribution in [2.45, 2.75) is 0 Å². The van der Waals surface area contributed by atoms with E-state index in [-0.39, 0.29) is 6.03 Å². The van der Waals surface area contributed by atoms with Crippen LogP contribution < -0.4 is 10.6 Å². The zero-order valence-electron chi connectivity index (χ0n) is 11.6. The van der Waals surface area contributed by atoms with E-state index in [9.17, 15) is 4.79 Å². The van der Waals surface area contributed by atoms with Crippen molar-refractivity contribution < 1.29 is 9.53 Å². The first-order valence-corrected chi connectivity index (χ1v) is 6.34. The lowest BCUT2D eigenvalue weighted by Gasteiger charge is -2.03. The first kappa shape index (κ1) is 14.1. The maximum Gasteiger partial charge on any atom is 0.320 e. The fourth-order valence-corrected chi connectivity index (χ4v) is 1.83. The van der Waals surface area contributed by atoms with Gasteiger partial charge < -0.3 is 10.1 Å². The number of aryl methyl sites for hydroxylation is 1. The summed E-state index contributed by atoms with van der Waals surface area (Å²) in [4.78, 5) is 11.6. The number of benzene rings is 1.